The highest BCUT2D eigenvalue weighted by Crippen LogP contribution is 2.32. The van der Waals surface area contributed by atoms with Gasteiger partial charge in [0.25, 0.3) is 0 Å². The lowest BCUT2D eigenvalue weighted by molar-refractivity contribution is -0.115. The lowest BCUT2D eigenvalue weighted by Crippen LogP contribution is -2.25. The molecule has 0 fully saturated rings. The number of rotatable bonds is 3. The van der Waals surface area contributed by atoms with Crippen LogP contribution in [0.4, 0.5) is 5.69 Å². The van der Waals surface area contributed by atoms with Crippen LogP contribution < -0.4 is 10.6 Å². The van der Waals surface area contributed by atoms with E-state index >= 15 is 0 Å². The molecule has 0 bridgehead atoms. The number of carbonyl (C=O) groups excluding carboxylic acids is 1. The predicted molar refractivity (Wildman–Crippen MR) is 64.0 cm³/mol. The molecular formula is C9H9Cl3N2O. The van der Waals surface area contributed by atoms with E-state index in [0.29, 0.717) is 20.8 Å². The molecule has 82 valence electrons. The van der Waals surface area contributed by atoms with E-state index in [2.05, 4.69) is 10.6 Å². The maximum atomic E-state index is 11.3. The molecule has 0 spiro atoms. The maximum absolute atomic E-state index is 11.3. The molecule has 1 rings (SSSR count). The smallest absolute Gasteiger partial charge is 0.238 e. The van der Waals surface area contributed by atoms with Crippen LogP contribution in [0.5, 0.6) is 0 Å². The fraction of sp³-hybridized carbons (Fsp3) is 0.222. The molecule has 0 radical (unpaired) electrons. The average Bonchev–Trinajstić information content (AvgIpc) is 2.14. The minimum absolute atomic E-state index is 0.196. The Hall–Kier alpha value is -0.480. The van der Waals surface area contributed by atoms with E-state index < -0.39 is 0 Å². The number of hydrogen-bond acceptors (Lipinski definition) is 2. The molecule has 0 atom stereocenters. The first-order chi connectivity index (χ1) is 7.04. The van der Waals surface area contributed by atoms with Gasteiger partial charge < -0.3 is 10.6 Å². The average molecular weight is 268 g/mol. The number of amides is 1. The summed E-state index contributed by atoms with van der Waals surface area (Å²) in [5.41, 5.74) is 0.450. The van der Waals surface area contributed by atoms with Gasteiger partial charge in [0.05, 0.1) is 27.3 Å². The normalized spacial score (nSPS) is 10.1. The second-order valence-corrected chi connectivity index (χ2v) is 4.05. The summed E-state index contributed by atoms with van der Waals surface area (Å²) in [5.74, 6) is -0.196. The van der Waals surface area contributed by atoms with Gasteiger partial charge in [-0.15, -0.1) is 0 Å². The van der Waals surface area contributed by atoms with E-state index in [4.69, 9.17) is 34.8 Å². The standard InChI is InChI=1S/C9H9Cl3N2O/c1-13-4-9(15)14-8-3-6(11)5(10)2-7(8)12/h2-3,13H,4H2,1H3,(H,14,15). The summed E-state index contributed by atoms with van der Waals surface area (Å²) >= 11 is 17.4. The third kappa shape index (κ3) is 3.54. The van der Waals surface area contributed by atoms with E-state index in [1.165, 1.54) is 12.1 Å². The van der Waals surface area contributed by atoms with Crippen molar-refractivity contribution in [3.05, 3.63) is 27.2 Å². The van der Waals surface area contributed by atoms with Crippen LogP contribution in [0.3, 0.4) is 0 Å². The number of nitrogens with one attached hydrogen (secondary N) is 2. The van der Waals surface area contributed by atoms with Crippen molar-refractivity contribution in [2.75, 3.05) is 18.9 Å². The lowest BCUT2D eigenvalue weighted by atomic mass is 10.3. The van der Waals surface area contributed by atoms with Crippen molar-refractivity contribution in [2.45, 2.75) is 0 Å². The first-order valence-electron chi connectivity index (χ1n) is 4.13. The Morgan fingerprint density at radius 3 is 2.40 bits per heavy atom. The second kappa shape index (κ2) is 5.56. The van der Waals surface area contributed by atoms with E-state index in [1.54, 1.807) is 7.05 Å². The minimum Gasteiger partial charge on any atom is -0.324 e. The lowest BCUT2D eigenvalue weighted by Gasteiger charge is -2.08. The molecule has 0 aliphatic carbocycles. The van der Waals surface area contributed by atoms with Crippen molar-refractivity contribution < 1.29 is 4.79 Å². The topological polar surface area (TPSA) is 41.1 Å². The molecule has 1 amide bonds. The van der Waals surface area contributed by atoms with Gasteiger partial charge in [-0.25, -0.2) is 0 Å². The zero-order chi connectivity index (χ0) is 11.4. The number of halogens is 3. The van der Waals surface area contributed by atoms with Crippen molar-refractivity contribution in [3.63, 3.8) is 0 Å². The molecule has 0 unspecified atom stereocenters. The van der Waals surface area contributed by atoms with E-state index in [-0.39, 0.29) is 12.5 Å². The highest BCUT2D eigenvalue weighted by atomic mass is 35.5. The van der Waals surface area contributed by atoms with Crippen LogP contribution in [0.15, 0.2) is 12.1 Å². The molecule has 0 saturated carbocycles. The highest BCUT2D eigenvalue weighted by Gasteiger charge is 2.08. The van der Waals surface area contributed by atoms with Crippen LogP contribution in [0.25, 0.3) is 0 Å². The Morgan fingerprint density at radius 2 is 1.80 bits per heavy atom. The van der Waals surface area contributed by atoms with Crippen LogP contribution in [-0.2, 0) is 4.79 Å². The van der Waals surface area contributed by atoms with Gasteiger partial charge in [0, 0.05) is 0 Å². The van der Waals surface area contributed by atoms with Crippen LogP contribution in [-0.4, -0.2) is 19.5 Å². The van der Waals surface area contributed by atoms with Crippen molar-refractivity contribution in [1.29, 1.82) is 0 Å². The number of hydrogen-bond donors (Lipinski definition) is 2. The van der Waals surface area contributed by atoms with Gasteiger partial charge in [0.1, 0.15) is 0 Å². The van der Waals surface area contributed by atoms with Gasteiger partial charge in [-0.05, 0) is 19.2 Å². The quantitative estimate of drug-likeness (QED) is 0.827. The number of anilines is 1. The summed E-state index contributed by atoms with van der Waals surface area (Å²) < 4.78 is 0. The molecule has 15 heavy (non-hydrogen) atoms. The molecule has 0 aliphatic rings. The zero-order valence-corrected chi connectivity index (χ0v) is 10.2. The zero-order valence-electron chi connectivity index (χ0n) is 7.90. The molecule has 0 aliphatic heterocycles. The van der Waals surface area contributed by atoms with Crippen LogP contribution >= 0.6 is 34.8 Å². The summed E-state index contributed by atoms with van der Waals surface area (Å²) in [5, 5.41) is 6.38. The van der Waals surface area contributed by atoms with Gasteiger partial charge in [-0.1, -0.05) is 34.8 Å². The van der Waals surface area contributed by atoms with Crippen LogP contribution in [0.2, 0.25) is 15.1 Å². The van der Waals surface area contributed by atoms with Gasteiger partial charge in [0.15, 0.2) is 0 Å². The molecule has 1 aromatic carbocycles. The highest BCUT2D eigenvalue weighted by molar-refractivity contribution is 6.44. The molecule has 1 aromatic rings. The van der Waals surface area contributed by atoms with Gasteiger partial charge in [0.2, 0.25) is 5.91 Å². The van der Waals surface area contributed by atoms with Crippen molar-refractivity contribution in [2.24, 2.45) is 0 Å². The van der Waals surface area contributed by atoms with Crippen molar-refractivity contribution in [1.82, 2.24) is 5.32 Å². The largest absolute Gasteiger partial charge is 0.324 e. The summed E-state index contributed by atoms with van der Waals surface area (Å²) in [6.45, 7) is 0.205. The van der Waals surface area contributed by atoms with Gasteiger partial charge >= 0.3 is 0 Å². The number of likely N-dealkylation sites (N-methyl/N-ethyl adjacent to an activating group) is 1. The Morgan fingerprint density at radius 1 is 1.20 bits per heavy atom. The molecule has 6 heteroatoms. The second-order valence-electron chi connectivity index (χ2n) is 2.82. The Labute approximate surface area is 103 Å². The van der Waals surface area contributed by atoms with Crippen molar-refractivity contribution in [3.8, 4) is 0 Å². The number of benzene rings is 1. The van der Waals surface area contributed by atoms with Gasteiger partial charge in [-0.2, -0.15) is 0 Å². The fourth-order valence-electron chi connectivity index (χ4n) is 0.973. The van der Waals surface area contributed by atoms with E-state index in [1.807, 2.05) is 0 Å². The van der Waals surface area contributed by atoms with Crippen LogP contribution in [0, 0.1) is 0 Å². The third-order valence-electron chi connectivity index (χ3n) is 1.62. The molecule has 0 aromatic heterocycles. The van der Waals surface area contributed by atoms with E-state index in [0.717, 1.165) is 0 Å². The first kappa shape index (κ1) is 12.6. The Bertz CT molecular complexity index is 382. The van der Waals surface area contributed by atoms with Crippen molar-refractivity contribution >= 4 is 46.4 Å². The third-order valence-corrected chi connectivity index (χ3v) is 2.66. The Balaban J connectivity index is 2.86. The fourth-order valence-corrected chi connectivity index (χ4v) is 1.57. The molecule has 0 saturated heterocycles. The molecular weight excluding hydrogens is 258 g/mol. The summed E-state index contributed by atoms with van der Waals surface area (Å²) in [7, 11) is 1.68. The summed E-state index contributed by atoms with van der Waals surface area (Å²) in [6.07, 6.45) is 0. The molecule has 3 nitrogen and oxygen atoms in total. The maximum Gasteiger partial charge on any atom is 0.238 e. The molecule has 2 N–H and O–H groups in total. The van der Waals surface area contributed by atoms with E-state index in [9.17, 15) is 4.79 Å². The first-order valence-corrected chi connectivity index (χ1v) is 5.27. The van der Waals surface area contributed by atoms with Gasteiger partial charge in [-0.3, -0.25) is 4.79 Å². The monoisotopic (exact) mass is 266 g/mol. The SMILES string of the molecule is CNCC(=O)Nc1cc(Cl)c(Cl)cc1Cl. The Kier molecular flexibility index (Phi) is 4.67. The summed E-state index contributed by atoms with van der Waals surface area (Å²) in [6, 6.07) is 3.00. The predicted octanol–water partition coefficient (Wildman–Crippen LogP) is 2.80. The number of carbonyl (C=O) groups is 1. The molecule has 0 heterocycles. The van der Waals surface area contributed by atoms with Crippen LogP contribution in [0.1, 0.15) is 0 Å². The summed E-state index contributed by atoms with van der Waals surface area (Å²) in [4.78, 5) is 11.3. The minimum atomic E-state index is -0.196.